The van der Waals surface area contributed by atoms with Gasteiger partial charge in [-0.25, -0.2) is 14.6 Å². The maximum atomic E-state index is 6.27. The number of pyridine rings is 1. The molecule has 0 bridgehead atoms. The lowest BCUT2D eigenvalue weighted by Gasteiger charge is -2.32. The van der Waals surface area contributed by atoms with Crippen LogP contribution in [0, 0.1) is 0 Å². The highest BCUT2D eigenvalue weighted by molar-refractivity contribution is 5.95. The molecule has 178 valence electrons. The zero-order chi connectivity index (χ0) is 23.5. The number of imidazole rings is 1. The minimum atomic E-state index is 0.203. The van der Waals surface area contributed by atoms with Crippen LogP contribution in [0.15, 0.2) is 41.2 Å². The van der Waals surface area contributed by atoms with E-state index in [2.05, 4.69) is 27.2 Å². The number of nitrogens with two attached hydrogens (primary N) is 1. The molecule has 0 aliphatic carbocycles. The summed E-state index contributed by atoms with van der Waals surface area (Å²) in [6.45, 7) is 8.76. The van der Waals surface area contributed by atoms with Crippen LogP contribution in [0.4, 0.5) is 5.82 Å². The van der Waals surface area contributed by atoms with Crippen molar-refractivity contribution in [3.63, 3.8) is 0 Å². The highest BCUT2D eigenvalue weighted by atomic mass is 16.6. The molecule has 10 heteroatoms. The second kappa shape index (κ2) is 9.78. The van der Waals surface area contributed by atoms with Crippen LogP contribution in [0.1, 0.15) is 13.3 Å². The molecule has 0 radical (unpaired) electrons. The van der Waals surface area contributed by atoms with Gasteiger partial charge in [0.1, 0.15) is 11.0 Å². The van der Waals surface area contributed by atoms with E-state index in [9.17, 15) is 0 Å². The number of piperazine rings is 1. The van der Waals surface area contributed by atoms with Crippen LogP contribution in [-0.2, 0) is 6.54 Å². The fourth-order valence-electron chi connectivity index (χ4n) is 4.41. The summed E-state index contributed by atoms with van der Waals surface area (Å²) in [5.41, 5.74) is 9.79. The molecular weight excluding hydrogens is 432 g/mol. The second-order valence-corrected chi connectivity index (χ2v) is 8.56. The highest BCUT2D eigenvalue weighted by Gasteiger charge is 2.24. The topological polar surface area (TPSA) is 111 Å². The average Bonchev–Trinajstić information content (AvgIpc) is 3.46. The third kappa shape index (κ3) is 4.34. The van der Waals surface area contributed by atoms with Crippen molar-refractivity contribution in [2.24, 2.45) is 0 Å². The van der Waals surface area contributed by atoms with E-state index < -0.39 is 0 Å². The third-order valence-corrected chi connectivity index (χ3v) is 6.30. The number of benzene rings is 1. The summed E-state index contributed by atoms with van der Waals surface area (Å²) < 4.78 is 13.2. The molecule has 4 aromatic rings. The van der Waals surface area contributed by atoms with E-state index >= 15 is 0 Å². The van der Waals surface area contributed by atoms with Crippen LogP contribution in [-0.4, -0.2) is 81.0 Å². The minimum Gasteiger partial charge on any atom is -0.490 e. The highest BCUT2D eigenvalue weighted by Crippen LogP contribution is 2.36. The molecule has 0 spiro atoms. The van der Waals surface area contributed by atoms with Gasteiger partial charge >= 0.3 is 0 Å². The van der Waals surface area contributed by atoms with Gasteiger partial charge in [-0.2, -0.15) is 0 Å². The quantitative estimate of drug-likeness (QED) is 0.395. The van der Waals surface area contributed by atoms with E-state index in [0.29, 0.717) is 30.4 Å². The van der Waals surface area contributed by atoms with Gasteiger partial charge in [-0.1, -0.05) is 30.3 Å². The molecule has 3 aromatic heterocycles. The summed E-state index contributed by atoms with van der Waals surface area (Å²) in [4.78, 5) is 14.5. The molecule has 1 aliphatic heterocycles. The number of fused-ring (bicyclic) bond motifs is 1. The Bertz CT molecular complexity index is 1240. The van der Waals surface area contributed by atoms with Gasteiger partial charge in [0.2, 0.25) is 0 Å². The van der Waals surface area contributed by atoms with Crippen molar-refractivity contribution in [2.45, 2.75) is 19.9 Å². The van der Waals surface area contributed by atoms with Gasteiger partial charge in [0, 0.05) is 44.8 Å². The number of aryl methyl sites for hydroxylation is 1. The Labute approximate surface area is 198 Å². The van der Waals surface area contributed by atoms with Crippen LogP contribution < -0.4 is 10.5 Å². The largest absolute Gasteiger partial charge is 0.490 e. The SMILES string of the molecule is CCn1c(-c2nonc2N)nc2c(-c3ccccc3)ncc(OCCCN3CCN(C)CC3)c21. The van der Waals surface area contributed by atoms with E-state index in [1.54, 1.807) is 6.20 Å². The molecule has 1 saturated heterocycles. The van der Waals surface area contributed by atoms with E-state index in [0.717, 1.165) is 61.4 Å². The number of rotatable bonds is 8. The minimum absolute atomic E-state index is 0.203. The Morgan fingerprint density at radius 1 is 1.06 bits per heavy atom. The van der Waals surface area contributed by atoms with E-state index in [1.807, 2.05) is 41.8 Å². The van der Waals surface area contributed by atoms with Crippen LogP contribution in [0.25, 0.3) is 33.8 Å². The summed E-state index contributed by atoms with van der Waals surface area (Å²) in [7, 11) is 2.17. The van der Waals surface area contributed by atoms with Crippen molar-refractivity contribution < 1.29 is 9.37 Å². The van der Waals surface area contributed by atoms with Crippen molar-refractivity contribution in [3.8, 4) is 28.5 Å². The lowest BCUT2D eigenvalue weighted by molar-refractivity contribution is 0.145. The molecule has 0 atom stereocenters. The van der Waals surface area contributed by atoms with Crippen LogP contribution >= 0.6 is 0 Å². The number of hydrogen-bond acceptors (Lipinski definition) is 9. The van der Waals surface area contributed by atoms with Crippen molar-refractivity contribution in [1.29, 1.82) is 0 Å². The zero-order valence-corrected chi connectivity index (χ0v) is 19.6. The lowest BCUT2D eigenvalue weighted by atomic mass is 10.1. The standard InChI is InChI=1S/C24H30N8O2/c1-3-32-22-18(33-15-7-10-31-13-11-30(2)12-14-31)16-26-19(17-8-5-4-6-9-17)20(22)27-24(32)21-23(25)29-34-28-21/h4-6,8-9,16H,3,7,10-15H2,1-2H3,(H2,25,29). The van der Waals surface area contributed by atoms with Crippen LogP contribution in [0.2, 0.25) is 0 Å². The number of aromatic nitrogens is 5. The molecule has 34 heavy (non-hydrogen) atoms. The summed E-state index contributed by atoms with van der Waals surface area (Å²) in [6, 6.07) is 10.0. The van der Waals surface area contributed by atoms with Gasteiger partial charge in [0.05, 0.1) is 18.5 Å². The number of anilines is 1. The lowest BCUT2D eigenvalue weighted by Crippen LogP contribution is -2.44. The monoisotopic (exact) mass is 462 g/mol. The first-order valence-corrected chi connectivity index (χ1v) is 11.7. The molecule has 0 amide bonds. The zero-order valence-electron chi connectivity index (χ0n) is 19.6. The molecule has 2 N–H and O–H groups in total. The first-order chi connectivity index (χ1) is 16.7. The second-order valence-electron chi connectivity index (χ2n) is 8.56. The summed E-state index contributed by atoms with van der Waals surface area (Å²) in [6.07, 6.45) is 2.74. The molecule has 0 unspecified atom stereocenters. The number of hydrogen-bond donors (Lipinski definition) is 1. The maximum absolute atomic E-state index is 6.27. The third-order valence-electron chi connectivity index (χ3n) is 6.30. The normalized spacial score (nSPS) is 15.2. The first kappa shape index (κ1) is 22.3. The van der Waals surface area contributed by atoms with Crippen LogP contribution in [0.3, 0.4) is 0 Å². The number of ether oxygens (including phenoxy) is 1. The van der Waals surface area contributed by atoms with Gasteiger partial charge in [-0.3, -0.25) is 0 Å². The Kier molecular flexibility index (Phi) is 6.41. The van der Waals surface area contributed by atoms with Gasteiger partial charge in [0.25, 0.3) is 0 Å². The van der Waals surface area contributed by atoms with Crippen molar-refractivity contribution >= 4 is 16.9 Å². The van der Waals surface area contributed by atoms with Gasteiger partial charge in [-0.05, 0) is 30.7 Å². The number of nitrogen functional groups attached to an aromatic ring is 1. The van der Waals surface area contributed by atoms with Crippen molar-refractivity contribution in [3.05, 3.63) is 36.5 Å². The smallest absolute Gasteiger partial charge is 0.199 e. The van der Waals surface area contributed by atoms with E-state index in [1.165, 1.54) is 0 Å². The molecule has 4 heterocycles. The van der Waals surface area contributed by atoms with E-state index in [-0.39, 0.29) is 5.82 Å². The van der Waals surface area contributed by atoms with Crippen LogP contribution in [0.5, 0.6) is 5.75 Å². The molecule has 1 aliphatic rings. The Hall–Kier alpha value is -3.50. The summed E-state index contributed by atoms with van der Waals surface area (Å²) in [5, 5.41) is 7.73. The molecule has 1 aromatic carbocycles. The summed E-state index contributed by atoms with van der Waals surface area (Å²) in [5.74, 6) is 1.49. The fraction of sp³-hybridized carbons (Fsp3) is 0.417. The number of nitrogens with zero attached hydrogens (tertiary/aromatic N) is 7. The fourth-order valence-corrected chi connectivity index (χ4v) is 4.41. The van der Waals surface area contributed by atoms with Gasteiger partial charge < -0.3 is 24.8 Å². The molecular formula is C24H30N8O2. The van der Waals surface area contributed by atoms with Gasteiger partial charge in [-0.15, -0.1) is 0 Å². The Morgan fingerprint density at radius 3 is 2.56 bits per heavy atom. The Balaban J connectivity index is 1.47. The Morgan fingerprint density at radius 2 is 1.85 bits per heavy atom. The molecule has 1 fully saturated rings. The summed E-state index contributed by atoms with van der Waals surface area (Å²) >= 11 is 0. The molecule has 10 nitrogen and oxygen atoms in total. The average molecular weight is 463 g/mol. The maximum Gasteiger partial charge on any atom is 0.199 e. The molecule has 0 saturated carbocycles. The predicted molar refractivity (Wildman–Crippen MR) is 130 cm³/mol. The first-order valence-electron chi connectivity index (χ1n) is 11.7. The van der Waals surface area contributed by atoms with Crippen molar-refractivity contribution in [2.75, 3.05) is 52.1 Å². The predicted octanol–water partition coefficient (Wildman–Crippen LogP) is 2.77. The van der Waals surface area contributed by atoms with Gasteiger partial charge in [0.15, 0.2) is 23.1 Å². The van der Waals surface area contributed by atoms with Crippen molar-refractivity contribution in [1.82, 2.24) is 34.6 Å². The molecule has 5 rings (SSSR count). The number of likely N-dealkylation sites (N-methyl/N-ethyl adjacent to an activating group) is 1. The van der Waals surface area contributed by atoms with E-state index in [4.69, 9.17) is 25.1 Å².